The van der Waals surface area contributed by atoms with E-state index in [1.807, 2.05) is 19.0 Å². The van der Waals surface area contributed by atoms with Crippen molar-refractivity contribution in [1.82, 2.24) is 9.80 Å². The van der Waals surface area contributed by atoms with Gasteiger partial charge in [0.05, 0.1) is 38.0 Å². The number of hydrogen-bond donors (Lipinski definition) is 1. The van der Waals surface area contributed by atoms with E-state index in [-0.39, 0.29) is 22.9 Å². The smallest absolute Gasteiger partial charge is 0.295 e. The van der Waals surface area contributed by atoms with Crippen LogP contribution in [-0.2, 0) is 9.59 Å². The van der Waals surface area contributed by atoms with Crippen LogP contribution >= 0.6 is 11.6 Å². The number of carbonyl (C=O) groups is 2. The van der Waals surface area contributed by atoms with E-state index in [0.29, 0.717) is 34.9 Å². The van der Waals surface area contributed by atoms with E-state index >= 15 is 0 Å². The SMILES string of the molecule is COc1ccc(/C(O)=C2/C(=O)C(=O)N(CCN(C)C)C2c2cccc(OC)c2OC)cc1Cl. The summed E-state index contributed by atoms with van der Waals surface area (Å²) in [6, 6.07) is 8.98. The molecule has 9 heteroatoms. The lowest BCUT2D eigenvalue weighted by Gasteiger charge is -2.28. The van der Waals surface area contributed by atoms with Gasteiger partial charge in [-0.3, -0.25) is 9.59 Å². The summed E-state index contributed by atoms with van der Waals surface area (Å²) in [7, 11) is 8.21. The van der Waals surface area contributed by atoms with Crippen LogP contribution in [0.5, 0.6) is 17.2 Å². The highest BCUT2D eigenvalue weighted by Crippen LogP contribution is 2.45. The molecule has 1 saturated heterocycles. The van der Waals surface area contributed by atoms with Gasteiger partial charge in [-0.15, -0.1) is 0 Å². The van der Waals surface area contributed by atoms with Crippen molar-refractivity contribution < 1.29 is 28.9 Å². The Labute approximate surface area is 197 Å². The Morgan fingerprint density at radius 2 is 1.76 bits per heavy atom. The molecule has 1 aliphatic rings. The lowest BCUT2D eigenvalue weighted by Crippen LogP contribution is -2.35. The number of amides is 1. The van der Waals surface area contributed by atoms with Gasteiger partial charge in [0.1, 0.15) is 11.5 Å². The zero-order valence-corrected chi connectivity index (χ0v) is 20.0. The molecule has 1 amide bonds. The number of likely N-dealkylation sites (tertiary alicyclic amines) is 1. The van der Waals surface area contributed by atoms with Crippen molar-refractivity contribution >= 4 is 29.1 Å². The van der Waals surface area contributed by atoms with Crippen LogP contribution in [0.4, 0.5) is 0 Å². The van der Waals surface area contributed by atoms with Gasteiger partial charge in [-0.1, -0.05) is 23.7 Å². The summed E-state index contributed by atoms with van der Waals surface area (Å²) in [6.07, 6.45) is 0. The highest BCUT2D eigenvalue weighted by molar-refractivity contribution is 6.46. The molecule has 1 N–H and O–H groups in total. The van der Waals surface area contributed by atoms with Crippen LogP contribution in [0.15, 0.2) is 42.0 Å². The van der Waals surface area contributed by atoms with Crippen LogP contribution in [0.3, 0.4) is 0 Å². The molecular formula is C24H27ClN2O6. The molecule has 1 fully saturated rings. The number of likely N-dealkylation sites (N-methyl/N-ethyl adjacent to an activating group) is 1. The first-order chi connectivity index (χ1) is 15.7. The topological polar surface area (TPSA) is 88.5 Å². The minimum absolute atomic E-state index is 0.0495. The van der Waals surface area contributed by atoms with Crippen molar-refractivity contribution in [2.45, 2.75) is 6.04 Å². The third kappa shape index (κ3) is 4.62. The zero-order chi connectivity index (χ0) is 24.3. The first-order valence-electron chi connectivity index (χ1n) is 10.2. The van der Waals surface area contributed by atoms with Crippen LogP contribution in [0.25, 0.3) is 5.76 Å². The van der Waals surface area contributed by atoms with E-state index < -0.39 is 17.7 Å². The summed E-state index contributed by atoms with van der Waals surface area (Å²) in [5, 5.41) is 11.5. The first-order valence-corrected chi connectivity index (χ1v) is 10.6. The number of benzene rings is 2. The third-order valence-corrected chi connectivity index (χ3v) is 5.78. The molecular weight excluding hydrogens is 448 g/mol. The molecule has 176 valence electrons. The van der Waals surface area contributed by atoms with Crippen molar-refractivity contribution in [2.24, 2.45) is 0 Å². The normalized spacial score (nSPS) is 17.5. The minimum atomic E-state index is -0.879. The van der Waals surface area contributed by atoms with Gasteiger partial charge in [-0.25, -0.2) is 0 Å². The van der Waals surface area contributed by atoms with Crippen LogP contribution in [0, 0.1) is 0 Å². The number of aliphatic hydroxyl groups excluding tert-OH is 1. The summed E-state index contributed by atoms with van der Waals surface area (Å²) in [5.41, 5.74) is 0.765. The lowest BCUT2D eigenvalue weighted by molar-refractivity contribution is -0.140. The van der Waals surface area contributed by atoms with E-state index in [2.05, 4.69) is 0 Å². The van der Waals surface area contributed by atoms with E-state index in [9.17, 15) is 14.7 Å². The number of carbonyl (C=O) groups excluding carboxylic acids is 2. The highest BCUT2D eigenvalue weighted by atomic mass is 35.5. The number of ether oxygens (including phenoxy) is 3. The van der Waals surface area contributed by atoms with Gasteiger partial charge in [-0.2, -0.15) is 0 Å². The second kappa shape index (κ2) is 10.1. The molecule has 2 aromatic carbocycles. The number of para-hydroxylation sites is 1. The fraction of sp³-hybridized carbons (Fsp3) is 0.333. The molecule has 0 spiro atoms. The molecule has 3 rings (SSSR count). The van der Waals surface area contributed by atoms with Crippen molar-refractivity contribution in [3.8, 4) is 17.2 Å². The van der Waals surface area contributed by atoms with Gasteiger partial charge < -0.3 is 29.1 Å². The molecule has 0 radical (unpaired) electrons. The Morgan fingerprint density at radius 3 is 2.33 bits per heavy atom. The van der Waals surface area contributed by atoms with Crippen LogP contribution in [-0.4, -0.2) is 75.1 Å². The maximum absolute atomic E-state index is 13.2. The molecule has 1 unspecified atom stereocenters. The van der Waals surface area contributed by atoms with Crippen LogP contribution in [0.2, 0.25) is 5.02 Å². The molecule has 1 atom stereocenters. The van der Waals surface area contributed by atoms with Crippen LogP contribution < -0.4 is 14.2 Å². The second-order valence-electron chi connectivity index (χ2n) is 7.73. The Bertz CT molecular complexity index is 1100. The molecule has 8 nitrogen and oxygen atoms in total. The number of rotatable bonds is 8. The Hall–Kier alpha value is -3.23. The average Bonchev–Trinajstić information content (AvgIpc) is 3.06. The van der Waals surface area contributed by atoms with E-state index in [1.165, 1.54) is 32.3 Å². The number of halogens is 1. The van der Waals surface area contributed by atoms with Crippen LogP contribution in [0.1, 0.15) is 17.2 Å². The lowest BCUT2D eigenvalue weighted by atomic mass is 9.94. The minimum Gasteiger partial charge on any atom is -0.507 e. The largest absolute Gasteiger partial charge is 0.507 e. The fourth-order valence-corrected chi connectivity index (χ4v) is 4.10. The summed E-state index contributed by atoms with van der Waals surface area (Å²) < 4.78 is 16.2. The summed E-state index contributed by atoms with van der Waals surface area (Å²) in [6.45, 7) is 0.785. The highest BCUT2D eigenvalue weighted by Gasteiger charge is 2.47. The summed E-state index contributed by atoms with van der Waals surface area (Å²) in [4.78, 5) is 29.6. The number of Topliss-reactive ketones (excluding diaryl/α,β-unsaturated/α-hetero) is 1. The van der Waals surface area contributed by atoms with Gasteiger partial charge in [0.25, 0.3) is 11.7 Å². The van der Waals surface area contributed by atoms with E-state index in [1.54, 1.807) is 30.3 Å². The molecule has 0 saturated carbocycles. The van der Waals surface area contributed by atoms with Crippen molar-refractivity contribution in [1.29, 1.82) is 0 Å². The number of nitrogens with zero attached hydrogens (tertiary/aromatic N) is 2. The number of hydrogen-bond acceptors (Lipinski definition) is 7. The third-order valence-electron chi connectivity index (χ3n) is 5.48. The Kier molecular flexibility index (Phi) is 7.50. The maximum atomic E-state index is 13.2. The first kappa shape index (κ1) is 24.4. The van der Waals surface area contributed by atoms with Gasteiger partial charge in [-0.05, 0) is 38.4 Å². The Balaban J connectivity index is 2.25. The summed E-state index contributed by atoms with van der Waals surface area (Å²) >= 11 is 6.24. The monoisotopic (exact) mass is 474 g/mol. The molecule has 1 heterocycles. The maximum Gasteiger partial charge on any atom is 0.295 e. The van der Waals surface area contributed by atoms with Crippen molar-refractivity contribution in [3.63, 3.8) is 0 Å². The number of ketones is 1. The Morgan fingerprint density at radius 1 is 1.06 bits per heavy atom. The van der Waals surface area contributed by atoms with Gasteiger partial charge in [0.15, 0.2) is 11.5 Å². The summed E-state index contributed by atoms with van der Waals surface area (Å²) in [5.74, 6) is -0.576. The number of aliphatic hydroxyl groups is 1. The van der Waals surface area contributed by atoms with Crippen molar-refractivity contribution in [3.05, 3.63) is 58.1 Å². The molecule has 0 bridgehead atoms. The average molecular weight is 475 g/mol. The van der Waals surface area contributed by atoms with Crippen molar-refractivity contribution in [2.75, 3.05) is 48.5 Å². The van der Waals surface area contributed by atoms with Gasteiger partial charge >= 0.3 is 0 Å². The molecule has 0 aliphatic carbocycles. The zero-order valence-electron chi connectivity index (χ0n) is 19.2. The quantitative estimate of drug-likeness (QED) is 0.356. The van der Waals surface area contributed by atoms with Gasteiger partial charge in [0.2, 0.25) is 0 Å². The predicted octanol–water partition coefficient (Wildman–Crippen LogP) is 3.35. The molecule has 33 heavy (non-hydrogen) atoms. The molecule has 0 aromatic heterocycles. The fourth-order valence-electron chi connectivity index (χ4n) is 3.84. The van der Waals surface area contributed by atoms with Gasteiger partial charge in [0, 0.05) is 24.2 Å². The standard InChI is InChI=1S/C24H27ClN2O6/c1-26(2)11-12-27-20(15-7-6-8-18(32-4)23(15)33-5)19(22(29)24(27)30)21(28)14-9-10-17(31-3)16(25)13-14/h6-10,13,20,28H,11-12H2,1-5H3/b21-19-. The number of methoxy groups -OCH3 is 3. The van der Waals surface area contributed by atoms with E-state index in [4.69, 9.17) is 25.8 Å². The molecule has 1 aliphatic heterocycles. The second-order valence-corrected chi connectivity index (χ2v) is 8.14. The van der Waals surface area contributed by atoms with E-state index in [0.717, 1.165) is 0 Å². The molecule has 2 aromatic rings. The predicted molar refractivity (Wildman–Crippen MR) is 125 cm³/mol.